The highest BCUT2D eigenvalue weighted by Gasteiger charge is 2.13. The van der Waals surface area contributed by atoms with Gasteiger partial charge in [0.25, 0.3) is 0 Å². The first-order valence-electron chi connectivity index (χ1n) is 7.24. The van der Waals surface area contributed by atoms with Crippen molar-refractivity contribution in [3.05, 3.63) is 71.2 Å². The summed E-state index contributed by atoms with van der Waals surface area (Å²) in [5.41, 5.74) is 0. The maximum Gasteiger partial charge on any atom is 0.0504 e. The maximum absolute atomic E-state index is 3.77. The van der Waals surface area contributed by atoms with Gasteiger partial charge in [0.05, 0.1) is 4.70 Å². The molecule has 2 heteroatoms. The average molecular weight is 363 g/mol. The second kappa shape index (κ2) is 4.55. The molecular weight excluding hydrogens is 352 g/mol. The van der Waals surface area contributed by atoms with Gasteiger partial charge in [0, 0.05) is 19.9 Å². The molecule has 22 heavy (non-hydrogen) atoms. The standard InChI is InChI=1S/C20H11BrS/c21-17-11-13-6-2-3-7-14(13)18-16-10-9-12-5-1-4-8-15(12)19(16)22-20(17)18/h1-11H. The van der Waals surface area contributed by atoms with Gasteiger partial charge in [0.15, 0.2) is 0 Å². The number of thiophene rings is 1. The summed E-state index contributed by atoms with van der Waals surface area (Å²) in [4.78, 5) is 0. The predicted octanol–water partition coefficient (Wildman–Crippen LogP) is 7.12. The zero-order chi connectivity index (χ0) is 14.7. The molecule has 0 aliphatic rings. The predicted molar refractivity (Wildman–Crippen MR) is 102 cm³/mol. The highest BCUT2D eigenvalue weighted by molar-refractivity contribution is 9.10. The Morgan fingerprint density at radius 2 is 1.36 bits per heavy atom. The highest BCUT2D eigenvalue weighted by Crippen LogP contribution is 2.44. The van der Waals surface area contributed by atoms with Crippen LogP contribution in [-0.4, -0.2) is 0 Å². The Hall–Kier alpha value is -1.90. The van der Waals surface area contributed by atoms with Crippen LogP contribution in [0, 0.1) is 0 Å². The van der Waals surface area contributed by atoms with Crippen molar-refractivity contribution < 1.29 is 0 Å². The van der Waals surface area contributed by atoms with E-state index >= 15 is 0 Å². The molecule has 0 bridgehead atoms. The monoisotopic (exact) mass is 362 g/mol. The molecule has 0 aliphatic carbocycles. The molecule has 0 amide bonds. The lowest BCUT2D eigenvalue weighted by atomic mass is 10.0. The minimum Gasteiger partial charge on any atom is -0.133 e. The van der Waals surface area contributed by atoms with Gasteiger partial charge in [0.2, 0.25) is 0 Å². The van der Waals surface area contributed by atoms with E-state index < -0.39 is 0 Å². The minimum absolute atomic E-state index is 1.19. The first-order chi connectivity index (χ1) is 10.8. The van der Waals surface area contributed by atoms with Crippen LogP contribution in [0.3, 0.4) is 0 Å². The number of rotatable bonds is 0. The van der Waals surface area contributed by atoms with Crippen molar-refractivity contribution in [2.24, 2.45) is 0 Å². The van der Waals surface area contributed by atoms with Crippen LogP contribution >= 0.6 is 27.3 Å². The lowest BCUT2D eigenvalue weighted by Gasteiger charge is -2.03. The number of hydrogen-bond acceptors (Lipinski definition) is 1. The molecule has 5 aromatic rings. The normalized spacial score (nSPS) is 11.9. The van der Waals surface area contributed by atoms with E-state index in [1.807, 2.05) is 11.3 Å². The summed E-state index contributed by atoms with van der Waals surface area (Å²) in [5.74, 6) is 0. The molecule has 1 aromatic heterocycles. The summed E-state index contributed by atoms with van der Waals surface area (Å²) in [6.45, 7) is 0. The second-order valence-corrected chi connectivity index (χ2v) is 7.42. The first-order valence-corrected chi connectivity index (χ1v) is 8.85. The van der Waals surface area contributed by atoms with Crippen molar-refractivity contribution in [1.29, 1.82) is 0 Å². The van der Waals surface area contributed by atoms with Gasteiger partial charge in [-0.25, -0.2) is 0 Å². The highest BCUT2D eigenvalue weighted by atomic mass is 79.9. The molecule has 0 aliphatic heterocycles. The summed E-state index contributed by atoms with van der Waals surface area (Å²) in [5, 5.41) is 8.00. The van der Waals surface area contributed by atoms with Crippen LogP contribution in [0.5, 0.6) is 0 Å². The van der Waals surface area contributed by atoms with Crippen molar-refractivity contribution in [1.82, 2.24) is 0 Å². The molecule has 0 atom stereocenters. The van der Waals surface area contributed by atoms with E-state index in [1.165, 1.54) is 46.2 Å². The third kappa shape index (κ3) is 1.62. The number of hydrogen-bond donors (Lipinski definition) is 0. The summed E-state index contributed by atoms with van der Waals surface area (Å²) in [7, 11) is 0. The Morgan fingerprint density at radius 1 is 0.636 bits per heavy atom. The van der Waals surface area contributed by atoms with Gasteiger partial charge in [-0.05, 0) is 43.5 Å². The Labute approximate surface area is 140 Å². The molecule has 0 fully saturated rings. The topological polar surface area (TPSA) is 0 Å². The van der Waals surface area contributed by atoms with Crippen LogP contribution in [-0.2, 0) is 0 Å². The Morgan fingerprint density at radius 3 is 2.23 bits per heavy atom. The third-order valence-electron chi connectivity index (χ3n) is 4.31. The smallest absolute Gasteiger partial charge is 0.0504 e. The zero-order valence-electron chi connectivity index (χ0n) is 11.6. The number of halogens is 1. The molecule has 4 aromatic carbocycles. The van der Waals surface area contributed by atoms with Crippen molar-refractivity contribution in [3.8, 4) is 0 Å². The van der Waals surface area contributed by atoms with Crippen molar-refractivity contribution in [2.75, 3.05) is 0 Å². The molecular formula is C20H11BrS. The first kappa shape index (κ1) is 12.6. The van der Waals surface area contributed by atoms with Gasteiger partial charge < -0.3 is 0 Å². The van der Waals surface area contributed by atoms with E-state index in [0.29, 0.717) is 0 Å². The SMILES string of the molecule is Brc1cc2ccccc2c2c1sc1c3ccccc3ccc12. The van der Waals surface area contributed by atoms with Gasteiger partial charge in [-0.15, -0.1) is 11.3 Å². The van der Waals surface area contributed by atoms with Crippen molar-refractivity contribution in [3.63, 3.8) is 0 Å². The van der Waals surface area contributed by atoms with E-state index in [2.05, 4.69) is 82.7 Å². The maximum atomic E-state index is 3.77. The lowest BCUT2D eigenvalue weighted by Crippen LogP contribution is -1.76. The fourth-order valence-corrected chi connectivity index (χ4v) is 5.26. The van der Waals surface area contributed by atoms with Crippen LogP contribution < -0.4 is 0 Å². The van der Waals surface area contributed by atoms with Gasteiger partial charge in [0.1, 0.15) is 0 Å². The Bertz CT molecular complexity index is 1180. The summed E-state index contributed by atoms with van der Waals surface area (Å²) in [6, 6.07) is 24.0. The third-order valence-corrected chi connectivity index (χ3v) is 6.47. The molecule has 104 valence electrons. The van der Waals surface area contributed by atoms with E-state index in [-0.39, 0.29) is 0 Å². The van der Waals surface area contributed by atoms with Gasteiger partial charge in [-0.2, -0.15) is 0 Å². The molecule has 0 N–H and O–H groups in total. The fraction of sp³-hybridized carbons (Fsp3) is 0. The van der Waals surface area contributed by atoms with Crippen LogP contribution in [0.2, 0.25) is 0 Å². The Kier molecular flexibility index (Phi) is 2.61. The zero-order valence-corrected chi connectivity index (χ0v) is 14.0. The number of fused-ring (bicyclic) bond motifs is 7. The lowest BCUT2D eigenvalue weighted by molar-refractivity contribution is 1.79. The van der Waals surface area contributed by atoms with Crippen molar-refractivity contribution >= 4 is 69.0 Å². The van der Waals surface area contributed by atoms with E-state index in [4.69, 9.17) is 0 Å². The number of benzene rings is 4. The molecule has 5 rings (SSSR count). The Balaban J connectivity index is 2.14. The largest absolute Gasteiger partial charge is 0.133 e. The summed E-state index contributed by atoms with van der Waals surface area (Å²) in [6.07, 6.45) is 0. The quantitative estimate of drug-likeness (QED) is 0.275. The summed E-state index contributed by atoms with van der Waals surface area (Å²) < 4.78 is 3.90. The average Bonchev–Trinajstić information content (AvgIpc) is 2.96. The minimum atomic E-state index is 1.19. The van der Waals surface area contributed by atoms with E-state index in [0.717, 1.165) is 0 Å². The molecule has 1 heterocycles. The van der Waals surface area contributed by atoms with Crippen molar-refractivity contribution in [2.45, 2.75) is 0 Å². The molecule has 0 spiro atoms. The van der Waals surface area contributed by atoms with E-state index in [1.54, 1.807) is 0 Å². The molecule has 0 saturated carbocycles. The summed E-state index contributed by atoms with van der Waals surface area (Å²) >= 11 is 5.66. The molecule has 0 radical (unpaired) electrons. The van der Waals surface area contributed by atoms with Crippen LogP contribution in [0.25, 0.3) is 41.7 Å². The van der Waals surface area contributed by atoms with E-state index in [9.17, 15) is 0 Å². The molecule has 0 unspecified atom stereocenters. The molecule has 0 saturated heterocycles. The molecule has 0 nitrogen and oxygen atoms in total. The van der Waals surface area contributed by atoms with Gasteiger partial charge in [-0.1, -0.05) is 60.7 Å². The fourth-order valence-electron chi connectivity index (χ4n) is 3.31. The second-order valence-electron chi connectivity index (χ2n) is 5.55. The van der Waals surface area contributed by atoms with Crippen LogP contribution in [0.15, 0.2) is 71.2 Å². The van der Waals surface area contributed by atoms with Crippen LogP contribution in [0.1, 0.15) is 0 Å². The van der Waals surface area contributed by atoms with Gasteiger partial charge >= 0.3 is 0 Å². The van der Waals surface area contributed by atoms with Gasteiger partial charge in [-0.3, -0.25) is 0 Å². The van der Waals surface area contributed by atoms with Crippen LogP contribution in [0.4, 0.5) is 0 Å².